The minimum Gasteiger partial charge on any atom is -0.497 e. The third kappa shape index (κ3) is 6.26. The Balaban J connectivity index is 1.65. The number of ether oxygens (including phenoxy) is 1. The van der Waals surface area contributed by atoms with E-state index < -0.39 is 6.04 Å². The number of methoxy groups -OCH3 is 1. The van der Waals surface area contributed by atoms with E-state index in [1.54, 1.807) is 37.5 Å². The minimum atomic E-state index is -0.402. The van der Waals surface area contributed by atoms with Gasteiger partial charge in [-0.25, -0.2) is 0 Å². The van der Waals surface area contributed by atoms with E-state index in [0.29, 0.717) is 28.8 Å². The van der Waals surface area contributed by atoms with Crippen molar-refractivity contribution in [3.05, 3.63) is 77.6 Å². The van der Waals surface area contributed by atoms with Crippen LogP contribution in [-0.2, 0) is 11.3 Å². The van der Waals surface area contributed by atoms with Crippen LogP contribution in [0.5, 0.6) is 5.75 Å². The van der Waals surface area contributed by atoms with E-state index in [1.807, 2.05) is 43.5 Å². The van der Waals surface area contributed by atoms with Gasteiger partial charge in [-0.2, -0.15) is 0 Å². The number of hydrogen-bond donors (Lipinski definition) is 2. The van der Waals surface area contributed by atoms with Crippen LogP contribution in [0.25, 0.3) is 0 Å². The van der Waals surface area contributed by atoms with Crippen molar-refractivity contribution in [3.63, 3.8) is 0 Å². The number of aromatic nitrogens is 3. The van der Waals surface area contributed by atoms with Crippen molar-refractivity contribution in [2.75, 3.05) is 18.2 Å². The fourth-order valence-electron chi connectivity index (χ4n) is 3.26. The van der Waals surface area contributed by atoms with Gasteiger partial charge < -0.3 is 19.9 Å². The van der Waals surface area contributed by atoms with Crippen molar-refractivity contribution in [3.8, 4) is 5.75 Å². The zero-order valence-corrected chi connectivity index (χ0v) is 20.6. The average Bonchev–Trinajstić information content (AvgIpc) is 3.23. The summed E-state index contributed by atoms with van der Waals surface area (Å²) in [5, 5.41) is 14.9. The molecule has 0 aliphatic rings. The van der Waals surface area contributed by atoms with Gasteiger partial charge in [0.1, 0.15) is 5.75 Å². The number of hydrogen-bond acceptors (Lipinski definition) is 6. The van der Waals surface area contributed by atoms with E-state index >= 15 is 0 Å². The van der Waals surface area contributed by atoms with Crippen molar-refractivity contribution >= 4 is 29.3 Å². The molecule has 2 N–H and O–H groups in total. The van der Waals surface area contributed by atoms with E-state index in [2.05, 4.69) is 27.4 Å². The topological polar surface area (TPSA) is 98.1 Å². The van der Waals surface area contributed by atoms with Crippen LogP contribution in [0.3, 0.4) is 0 Å². The van der Waals surface area contributed by atoms with Crippen LogP contribution in [0.4, 0.5) is 5.69 Å². The number of anilines is 1. The SMILES string of the molecule is C=CCn1c(SCC(=O)Nc2ccc(C)c(C)c2)nnc1[C@@H](C)NC(=O)c1ccc(OC)cc1. The van der Waals surface area contributed by atoms with Crippen molar-refractivity contribution in [1.82, 2.24) is 20.1 Å². The molecule has 0 spiro atoms. The van der Waals surface area contributed by atoms with Gasteiger partial charge in [0, 0.05) is 17.8 Å². The second-order valence-corrected chi connectivity index (χ2v) is 8.74. The first kappa shape index (κ1) is 25.0. The van der Waals surface area contributed by atoms with E-state index in [1.165, 1.54) is 17.3 Å². The number of nitrogens with zero attached hydrogens (tertiary/aromatic N) is 3. The summed E-state index contributed by atoms with van der Waals surface area (Å²) in [6.07, 6.45) is 1.73. The third-order valence-corrected chi connectivity index (χ3v) is 6.23. The molecule has 0 unspecified atom stereocenters. The van der Waals surface area contributed by atoms with Gasteiger partial charge in [0.15, 0.2) is 11.0 Å². The summed E-state index contributed by atoms with van der Waals surface area (Å²) in [4.78, 5) is 25.1. The third-order valence-electron chi connectivity index (χ3n) is 5.27. The number of benzene rings is 2. The molecule has 1 heterocycles. The molecular formula is C25H29N5O3S. The normalized spacial score (nSPS) is 11.5. The maximum atomic E-state index is 12.6. The predicted octanol–water partition coefficient (Wildman–Crippen LogP) is 4.31. The molecule has 3 rings (SSSR count). The van der Waals surface area contributed by atoms with Crippen LogP contribution in [0.1, 0.15) is 40.3 Å². The molecule has 2 aromatic carbocycles. The van der Waals surface area contributed by atoms with Crippen molar-refractivity contribution in [2.24, 2.45) is 0 Å². The summed E-state index contributed by atoms with van der Waals surface area (Å²) < 4.78 is 6.98. The monoisotopic (exact) mass is 479 g/mol. The van der Waals surface area contributed by atoms with Crippen LogP contribution in [-0.4, -0.2) is 39.4 Å². The molecule has 0 saturated heterocycles. The van der Waals surface area contributed by atoms with Gasteiger partial charge in [0.2, 0.25) is 5.91 Å². The Hall–Kier alpha value is -3.59. The molecule has 1 aromatic heterocycles. The van der Waals surface area contributed by atoms with Gasteiger partial charge in [-0.05, 0) is 68.3 Å². The van der Waals surface area contributed by atoms with E-state index in [9.17, 15) is 9.59 Å². The Bertz CT molecular complexity index is 1170. The average molecular weight is 480 g/mol. The quantitative estimate of drug-likeness (QED) is 0.332. The summed E-state index contributed by atoms with van der Waals surface area (Å²) >= 11 is 1.28. The lowest BCUT2D eigenvalue weighted by atomic mass is 10.1. The lowest BCUT2D eigenvalue weighted by Gasteiger charge is -2.15. The summed E-state index contributed by atoms with van der Waals surface area (Å²) in [7, 11) is 1.58. The van der Waals surface area contributed by atoms with Crippen LogP contribution >= 0.6 is 11.8 Å². The number of thioether (sulfide) groups is 1. The number of aryl methyl sites for hydroxylation is 2. The first-order chi connectivity index (χ1) is 16.3. The van der Waals surface area contributed by atoms with Gasteiger partial charge >= 0.3 is 0 Å². The number of amides is 2. The second-order valence-electron chi connectivity index (χ2n) is 7.80. The van der Waals surface area contributed by atoms with Crippen molar-refractivity contribution < 1.29 is 14.3 Å². The van der Waals surface area contributed by atoms with Crippen LogP contribution in [0, 0.1) is 13.8 Å². The standard InChI is InChI=1S/C25H29N5O3S/c1-6-13-30-23(18(4)26-24(32)19-8-11-21(33-5)12-9-19)28-29-25(30)34-15-22(31)27-20-10-7-16(2)17(3)14-20/h6-12,14,18H,1,13,15H2,2-5H3,(H,26,32)(H,27,31)/t18-/m1/s1. The van der Waals surface area contributed by atoms with Crippen LogP contribution < -0.4 is 15.4 Å². The molecule has 0 aliphatic carbocycles. The van der Waals surface area contributed by atoms with Gasteiger partial charge in [-0.3, -0.25) is 9.59 Å². The zero-order chi connectivity index (χ0) is 24.7. The summed E-state index contributed by atoms with van der Waals surface area (Å²) in [5.41, 5.74) is 3.56. The summed E-state index contributed by atoms with van der Waals surface area (Å²) in [6.45, 7) is 10.1. The Morgan fingerprint density at radius 2 is 1.88 bits per heavy atom. The first-order valence-electron chi connectivity index (χ1n) is 10.8. The molecule has 9 heteroatoms. The van der Waals surface area contributed by atoms with Crippen LogP contribution in [0.2, 0.25) is 0 Å². The molecule has 8 nitrogen and oxygen atoms in total. The van der Waals surface area contributed by atoms with Gasteiger partial charge in [0.25, 0.3) is 5.91 Å². The summed E-state index contributed by atoms with van der Waals surface area (Å²) in [5.74, 6) is 1.07. The molecule has 3 aromatic rings. The fraction of sp³-hybridized carbons (Fsp3) is 0.280. The molecule has 0 radical (unpaired) electrons. The Kier molecular flexibility index (Phi) is 8.48. The molecule has 1 atom stereocenters. The van der Waals surface area contributed by atoms with Crippen molar-refractivity contribution in [1.29, 1.82) is 0 Å². The molecule has 0 aliphatic heterocycles. The molecule has 0 fully saturated rings. The van der Waals surface area contributed by atoms with E-state index in [4.69, 9.17) is 4.74 Å². The van der Waals surface area contributed by atoms with Gasteiger partial charge in [0.05, 0.1) is 18.9 Å². The second kappa shape index (κ2) is 11.5. The van der Waals surface area contributed by atoms with E-state index in [0.717, 1.165) is 11.3 Å². The Morgan fingerprint density at radius 1 is 1.15 bits per heavy atom. The fourth-order valence-corrected chi connectivity index (χ4v) is 4.02. The maximum absolute atomic E-state index is 12.6. The molecule has 34 heavy (non-hydrogen) atoms. The van der Waals surface area contributed by atoms with Crippen LogP contribution in [0.15, 0.2) is 60.3 Å². The highest BCUT2D eigenvalue weighted by molar-refractivity contribution is 7.99. The highest BCUT2D eigenvalue weighted by atomic mass is 32.2. The minimum absolute atomic E-state index is 0.135. The molecule has 0 bridgehead atoms. The maximum Gasteiger partial charge on any atom is 0.251 e. The lowest BCUT2D eigenvalue weighted by molar-refractivity contribution is -0.113. The smallest absolute Gasteiger partial charge is 0.251 e. The number of allylic oxidation sites excluding steroid dienone is 1. The highest BCUT2D eigenvalue weighted by Gasteiger charge is 2.20. The summed E-state index contributed by atoms with van der Waals surface area (Å²) in [6, 6.07) is 12.3. The van der Waals surface area contributed by atoms with Gasteiger partial charge in [-0.15, -0.1) is 16.8 Å². The molecule has 0 saturated carbocycles. The molecule has 178 valence electrons. The Morgan fingerprint density at radius 3 is 2.53 bits per heavy atom. The Labute approximate surface area is 203 Å². The first-order valence-corrected chi connectivity index (χ1v) is 11.8. The predicted molar refractivity (Wildman–Crippen MR) is 134 cm³/mol. The van der Waals surface area contributed by atoms with Crippen molar-refractivity contribution in [2.45, 2.75) is 38.5 Å². The highest BCUT2D eigenvalue weighted by Crippen LogP contribution is 2.22. The molecular weight excluding hydrogens is 450 g/mol. The molecule has 2 amide bonds. The number of rotatable bonds is 10. The number of carbonyl (C=O) groups is 2. The van der Waals surface area contributed by atoms with E-state index in [-0.39, 0.29) is 17.6 Å². The largest absolute Gasteiger partial charge is 0.497 e. The van der Waals surface area contributed by atoms with Gasteiger partial charge in [-0.1, -0.05) is 23.9 Å². The number of carbonyl (C=O) groups excluding carboxylic acids is 2. The number of nitrogens with one attached hydrogen (secondary N) is 2. The zero-order valence-electron chi connectivity index (χ0n) is 19.8. The lowest BCUT2D eigenvalue weighted by Crippen LogP contribution is -2.28.